The van der Waals surface area contributed by atoms with E-state index in [4.69, 9.17) is 9.97 Å². The molecule has 0 atom stereocenters. The second-order valence-corrected chi connectivity index (χ2v) is 8.86. The molecular weight excluding hydrogens is 428 g/mol. The third-order valence-electron chi connectivity index (χ3n) is 6.40. The number of anilines is 3. The van der Waals surface area contributed by atoms with Gasteiger partial charge in [-0.15, -0.1) is 0 Å². The number of aromatic nitrogens is 5. The first-order valence-electron chi connectivity index (χ1n) is 11.7. The van der Waals surface area contributed by atoms with Crippen LogP contribution in [0.25, 0.3) is 16.9 Å². The number of benzene rings is 1. The van der Waals surface area contributed by atoms with Crippen molar-refractivity contribution in [2.75, 3.05) is 23.8 Å². The summed E-state index contributed by atoms with van der Waals surface area (Å²) in [5.74, 6) is 1.92. The van der Waals surface area contributed by atoms with E-state index in [9.17, 15) is 4.79 Å². The first kappa shape index (κ1) is 22.1. The van der Waals surface area contributed by atoms with Crippen LogP contribution in [-0.2, 0) is 19.5 Å². The highest BCUT2D eigenvalue weighted by Crippen LogP contribution is 2.23. The smallest absolute Gasteiger partial charge is 0.278 e. The zero-order valence-electron chi connectivity index (χ0n) is 20.0. The standard InChI is InChI=1S/C25H30N8O/c1-5-32-24(34)20-15-27-25(28-19-10-9-18-14-26-12-11-17(18)13-19)30-23(20)33(32)22-8-6-7-21(29-22)31(4)16(2)3/h6-10,13,15-16,26H,5,11-12,14H2,1-4H3,(H,27,28,30). The summed E-state index contributed by atoms with van der Waals surface area (Å²) in [5.41, 5.74) is 3.98. The summed E-state index contributed by atoms with van der Waals surface area (Å²) in [7, 11) is 2.01. The molecule has 34 heavy (non-hydrogen) atoms. The lowest BCUT2D eigenvalue weighted by Gasteiger charge is -2.23. The maximum Gasteiger partial charge on any atom is 0.278 e. The molecule has 0 amide bonds. The largest absolute Gasteiger partial charge is 0.357 e. The van der Waals surface area contributed by atoms with Crippen LogP contribution in [0.15, 0.2) is 47.4 Å². The highest BCUT2D eigenvalue weighted by atomic mass is 16.1. The second kappa shape index (κ2) is 8.90. The SMILES string of the molecule is CCn1c(=O)c2cnc(Nc3ccc4c(c3)CCNC4)nc2n1-c1cccc(N(C)C(C)C)n1. The van der Waals surface area contributed by atoms with Gasteiger partial charge in [-0.3, -0.25) is 4.79 Å². The van der Waals surface area contributed by atoms with Gasteiger partial charge in [0.25, 0.3) is 5.56 Å². The normalized spacial score (nSPS) is 13.3. The minimum Gasteiger partial charge on any atom is -0.357 e. The molecule has 0 spiro atoms. The Hall–Kier alpha value is -3.72. The van der Waals surface area contributed by atoms with Crippen molar-refractivity contribution in [2.45, 2.75) is 46.3 Å². The van der Waals surface area contributed by atoms with Gasteiger partial charge in [0.1, 0.15) is 11.2 Å². The van der Waals surface area contributed by atoms with Gasteiger partial charge in [-0.2, -0.15) is 4.98 Å². The Balaban J connectivity index is 1.58. The number of hydrogen-bond donors (Lipinski definition) is 2. The van der Waals surface area contributed by atoms with Gasteiger partial charge < -0.3 is 15.5 Å². The van der Waals surface area contributed by atoms with Gasteiger partial charge in [0.2, 0.25) is 5.95 Å². The fraction of sp³-hybridized carbons (Fsp3) is 0.360. The third kappa shape index (κ3) is 3.92. The van der Waals surface area contributed by atoms with E-state index in [0.717, 1.165) is 31.0 Å². The summed E-state index contributed by atoms with van der Waals surface area (Å²) < 4.78 is 3.44. The number of fused-ring (bicyclic) bond motifs is 2. The Morgan fingerprint density at radius 3 is 2.82 bits per heavy atom. The van der Waals surface area contributed by atoms with Crippen molar-refractivity contribution in [3.8, 4) is 5.82 Å². The molecule has 0 saturated carbocycles. The topological polar surface area (TPSA) is 92.9 Å². The lowest BCUT2D eigenvalue weighted by Crippen LogP contribution is -2.27. The highest BCUT2D eigenvalue weighted by molar-refractivity contribution is 5.77. The van der Waals surface area contributed by atoms with Crippen LogP contribution in [0.4, 0.5) is 17.5 Å². The monoisotopic (exact) mass is 458 g/mol. The molecule has 2 N–H and O–H groups in total. The van der Waals surface area contributed by atoms with E-state index in [-0.39, 0.29) is 5.56 Å². The number of pyridine rings is 1. The molecular formula is C25H30N8O. The third-order valence-corrected chi connectivity index (χ3v) is 6.40. The van der Waals surface area contributed by atoms with Crippen LogP contribution in [0.5, 0.6) is 0 Å². The lowest BCUT2D eigenvalue weighted by atomic mass is 10.0. The van der Waals surface area contributed by atoms with Crippen LogP contribution in [-0.4, -0.2) is 43.9 Å². The van der Waals surface area contributed by atoms with Crippen molar-refractivity contribution in [1.82, 2.24) is 29.6 Å². The minimum absolute atomic E-state index is 0.130. The summed E-state index contributed by atoms with van der Waals surface area (Å²) >= 11 is 0. The molecule has 4 heterocycles. The van der Waals surface area contributed by atoms with E-state index in [0.29, 0.717) is 35.4 Å². The highest BCUT2D eigenvalue weighted by Gasteiger charge is 2.19. The molecule has 0 fully saturated rings. The molecule has 1 aliphatic heterocycles. The van der Waals surface area contributed by atoms with Crippen molar-refractivity contribution in [3.05, 3.63) is 64.1 Å². The molecule has 0 saturated heterocycles. The maximum atomic E-state index is 13.1. The van der Waals surface area contributed by atoms with Crippen LogP contribution in [0, 0.1) is 0 Å². The Morgan fingerprint density at radius 1 is 1.18 bits per heavy atom. The van der Waals surface area contributed by atoms with Crippen molar-refractivity contribution in [1.29, 1.82) is 0 Å². The van der Waals surface area contributed by atoms with Gasteiger partial charge in [-0.05, 0) is 69.1 Å². The Labute approximate surface area is 198 Å². The molecule has 0 radical (unpaired) electrons. The molecule has 1 aromatic carbocycles. The number of rotatable bonds is 6. The molecule has 0 bridgehead atoms. The summed E-state index contributed by atoms with van der Waals surface area (Å²) in [6.07, 6.45) is 2.60. The van der Waals surface area contributed by atoms with Gasteiger partial charge in [-0.1, -0.05) is 12.1 Å². The minimum atomic E-state index is -0.130. The van der Waals surface area contributed by atoms with E-state index in [1.54, 1.807) is 15.6 Å². The average molecular weight is 459 g/mol. The van der Waals surface area contributed by atoms with Crippen LogP contribution >= 0.6 is 0 Å². The van der Waals surface area contributed by atoms with Crippen LogP contribution in [0.1, 0.15) is 31.9 Å². The van der Waals surface area contributed by atoms with Gasteiger partial charge in [0.05, 0.1) is 0 Å². The molecule has 0 unspecified atom stereocenters. The summed E-state index contributed by atoms with van der Waals surface area (Å²) in [4.78, 5) is 29.2. The predicted octanol–water partition coefficient (Wildman–Crippen LogP) is 3.23. The Bertz CT molecular complexity index is 1400. The van der Waals surface area contributed by atoms with Gasteiger partial charge in [0, 0.05) is 38.1 Å². The first-order chi connectivity index (χ1) is 16.5. The van der Waals surface area contributed by atoms with E-state index >= 15 is 0 Å². The van der Waals surface area contributed by atoms with Crippen LogP contribution in [0.3, 0.4) is 0 Å². The van der Waals surface area contributed by atoms with Crippen molar-refractivity contribution < 1.29 is 0 Å². The van der Waals surface area contributed by atoms with Gasteiger partial charge in [-0.25, -0.2) is 19.3 Å². The molecule has 3 aromatic heterocycles. The van der Waals surface area contributed by atoms with Gasteiger partial charge >= 0.3 is 0 Å². The predicted molar refractivity (Wildman–Crippen MR) is 135 cm³/mol. The molecule has 9 nitrogen and oxygen atoms in total. The van der Waals surface area contributed by atoms with Crippen molar-refractivity contribution in [2.24, 2.45) is 0 Å². The van der Waals surface area contributed by atoms with Crippen molar-refractivity contribution >= 4 is 28.5 Å². The molecule has 9 heteroatoms. The summed E-state index contributed by atoms with van der Waals surface area (Å²) in [6.45, 7) is 8.53. The van der Waals surface area contributed by atoms with Gasteiger partial charge in [0.15, 0.2) is 11.5 Å². The number of nitrogens with zero attached hydrogens (tertiary/aromatic N) is 6. The molecule has 0 aliphatic carbocycles. The second-order valence-electron chi connectivity index (χ2n) is 8.86. The average Bonchev–Trinajstić information content (AvgIpc) is 3.14. The van der Waals surface area contributed by atoms with Crippen molar-refractivity contribution in [3.63, 3.8) is 0 Å². The van der Waals surface area contributed by atoms with Crippen LogP contribution < -0.4 is 21.1 Å². The lowest BCUT2D eigenvalue weighted by molar-refractivity contribution is 0.567. The van der Waals surface area contributed by atoms with Crippen LogP contribution in [0.2, 0.25) is 0 Å². The fourth-order valence-electron chi connectivity index (χ4n) is 4.28. The Morgan fingerprint density at radius 2 is 2.03 bits per heavy atom. The summed E-state index contributed by atoms with van der Waals surface area (Å²) in [6, 6.07) is 12.4. The molecule has 176 valence electrons. The molecule has 4 aromatic rings. The molecule has 1 aliphatic rings. The quantitative estimate of drug-likeness (QED) is 0.458. The Kier molecular flexibility index (Phi) is 5.79. The number of hydrogen-bond acceptors (Lipinski definition) is 7. The van der Waals surface area contributed by atoms with E-state index < -0.39 is 0 Å². The first-order valence-corrected chi connectivity index (χ1v) is 11.7. The zero-order valence-corrected chi connectivity index (χ0v) is 20.0. The zero-order chi connectivity index (χ0) is 23.8. The van der Waals surface area contributed by atoms with E-state index in [2.05, 4.69) is 46.5 Å². The maximum absolute atomic E-state index is 13.1. The summed E-state index contributed by atoms with van der Waals surface area (Å²) in [5, 5.41) is 7.18. The molecule has 5 rings (SSSR count). The fourth-order valence-corrected chi connectivity index (χ4v) is 4.28. The van der Waals surface area contributed by atoms with E-state index in [1.165, 1.54) is 11.1 Å². The number of nitrogens with one attached hydrogen (secondary N) is 2. The van der Waals surface area contributed by atoms with E-state index in [1.807, 2.05) is 38.2 Å².